The van der Waals surface area contributed by atoms with Crippen molar-refractivity contribution in [2.75, 3.05) is 6.54 Å². The predicted octanol–water partition coefficient (Wildman–Crippen LogP) is 6.37. The van der Waals surface area contributed by atoms with Gasteiger partial charge in [0, 0.05) is 30.4 Å². The number of nitrogens with zero attached hydrogens (tertiary/aromatic N) is 3. The molecule has 0 saturated carbocycles. The molecule has 0 saturated heterocycles. The summed E-state index contributed by atoms with van der Waals surface area (Å²) in [5, 5.41) is -0.158. The summed E-state index contributed by atoms with van der Waals surface area (Å²) in [5.41, 5.74) is -0.882. The number of aliphatic imine (C=N–C) groups is 1. The SMILES string of the molecule is CC(C)(C)OC(=O)CC1=N[C@](C)(c2cc(CC(=O)c3ncc(Cl)cc3Cl)ccc2F)[C@@H]2CCN=[S@]2(=O)C1(C)C. The summed E-state index contributed by atoms with van der Waals surface area (Å²) in [5.74, 6) is -1.42. The number of carbonyl (C=O) groups is 2. The smallest absolute Gasteiger partial charge is 0.312 e. The van der Waals surface area contributed by atoms with E-state index in [9.17, 15) is 13.8 Å². The fraction of sp³-hybridized carbons (Fsp3) is 0.500. The lowest BCUT2D eigenvalue weighted by molar-refractivity contribution is -0.153. The van der Waals surface area contributed by atoms with E-state index in [2.05, 4.69) is 9.35 Å². The first-order valence-electron chi connectivity index (χ1n) is 12.6. The van der Waals surface area contributed by atoms with Gasteiger partial charge < -0.3 is 4.74 Å². The van der Waals surface area contributed by atoms with Gasteiger partial charge in [0.1, 0.15) is 22.7 Å². The molecule has 0 unspecified atom stereocenters. The Morgan fingerprint density at radius 1 is 1.15 bits per heavy atom. The molecule has 0 bridgehead atoms. The molecule has 0 radical (unpaired) electrons. The first kappa shape index (κ1) is 29.6. The number of rotatable bonds is 6. The van der Waals surface area contributed by atoms with Crippen LogP contribution < -0.4 is 0 Å². The molecule has 2 aliphatic heterocycles. The van der Waals surface area contributed by atoms with E-state index in [0.717, 1.165) is 0 Å². The zero-order valence-electron chi connectivity index (χ0n) is 22.8. The third kappa shape index (κ3) is 5.50. The number of hydrogen-bond acceptors (Lipinski definition) is 7. The maximum atomic E-state index is 15.5. The highest BCUT2D eigenvalue weighted by Gasteiger charge is 2.57. The highest BCUT2D eigenvalue weighted by atomic mass is 35.5. The number of carbonyl (C=O) groups excluding carboxylic acids is 2. The lowest BCUT2D eigenvalue weighted by atomic mass is 9.84. The fourth-order valence-electron chi connectivity index (χ4n) is 5.28. The van der Waals surface area contributed by atoms with E-state index in [4.69, 9.17) is 32.9 Å². The van der Waals surface area contributed by atoms with E-state index in [-0.39, 0.29) is 34.9 Å². The van der Waals surface area contributed by atoms with Crippen molar-refractivity contribution < 1.29 is 22.9 Å². The minimum absolute atomic E-state index is 0.0628. The van der Waals surface area contributed by atoms with Gasteiger partial charge in [0.05, 0.1) is 36.2 Å². The van der Waals surface area contributed by atoms with Gasteiger partial charge in [-0.05, 0) is 71.7 Å². The molecule has 0 amide bonds. The normalized spacial score (nSPS) is 25.9. The molecule has 0 aliphatic carbocycles. The summed E-state index contributed by atoms with van der Waals surface area (Å²) in [6.45, 7) is 10.9. The van der Waals surface area contributed by atoms with Gasteiger partial charge in [-0.1, -0.05) is 29.3 Å². The highest BCUT2D eigenvalue weighted by molar-refractivity contribution is 7.96. The summed E-state index contributed by atoms with van der Waals surface area (Å²) >= 11 is 12.1. The van der Waals surface area contributed by atoms with E-state index < -0.39 is 42.7 Å². The van der Waals surface area contributed by atoms with Gasteiger partial charge in [0.15, 0.2) is 5.78 Å². The second-order valence-electron chi connectivity index (χ2n) is 11.6. The number of ketones is 1. The molecular weight excluding hydrogens is 564 g/mol. The van der Waals surface area contributed by atoms with Crippen molar-refractivity contribution in [2.24, 2.45) is 9.36 Å². The first-order chi connectivity index (χ1) is 18.0. The number of esters is 1. The summed E-state index contributed by atoms with van der Waals surface area (Å²) in [6.07, 6.45) is 1.50. The average Bonchev–Trinajstić information content (AvgIpc) is 3.22. The van der Waals surface area contributed by atoms with E-state index >= 15 is 4.39 Å². The maximum absolute atomic E-state index is 15.5. The fourth-order valence-corrected chi connectivity index (χ4v) is 9.04. The van der Waals surface area contributed by atoms with Crippen LogP contribution in [0.15, 0.2) is 39.8 Å². The Bertz CT molecular complexity index is 1510. The minimum atomic E-state index is -2.96. The second kappa shape index (κ2) is 10.2. The van der Waals surface area contributed by atoms with Gasteiger partial charge in [-0.2, -0.15) is 0 Å². The second-order valence-corrected chi connectivity index (χ2v) is 15.4. The van der Waals surface area contributed by atoms with Crippen LogP contribution in [0, 0.1) is 5.82 Å². The van der Waals surface area contributed by atoms with Crippen molar-refractivity contribution in [2.45, 2.75) is 81.9 Å². The molecule has 1 aromatic heterocycles. The van der Waals surface area contributed by atoms with E-state index in [1.165, 1.54) is 24.4 Å². The molecular formula is C28H32Cl2FN3O4S. The number of ether oxygens (including phenoxy) is 1. The van der Waals surface area contributed by atoms with Crippen LogP contribution in [0.3, 0.4) is 0 Å². The number of Topliss-reactive ketones (excluding diaryl/α,β-unsaturated/α-hetero) is 1. The summed E-state index contributed by atoms with van der Waals surface area (Å²) in [6, 6.07) is 5.79. The summed E-state index contributed by atoms with van der Waals surface area (Å²) in [7, 11) is -2.96. The van der Waals surface area contributed by atoms with Crippen LogP contribution in [0.1, 0.15) is 76.0 Å². The van der Waals surface area contributed by atoms with Crippen LogP contribution >= 0.6 is 23.2 Å². The number of halogens is 3. The van der Waals surface area contributed by atoms with Crippen LogP contribution in [-0.2, 0) is 31.2 Å². The van der Waals surface area contributed by atoms with E-state index in [1.54, 1.807) is 47.6 Å². The van der Waals surface area contributed by atoms with Crippen molar-refractivity contribution in [3.63, 3.8) is 0 Å². The predicted molar refractivity (Wildman–Crippen MR) is 152 cm³/mol. The lowest BCUT2D eigenvalue weighted by Crippen LogP contribution is -2.56. The molecule has 1 aromatic carbocycles. The van der Waals surface area contributed by atoms with Crippen molar-refractivity contribution in [1.82, 2.24) is 4.98 Å². The summed E-state index contributed by atoms with van der Waals surface area (Å²) < 4.78 is 39.1. The molecule has 210 valence electrons. The Morgan fingerprint density at radius 2 is 1.85 bits per heavy atom. The number of fused-ring (bicyclic) bond motifs is 1. The van der Waals surface area contributed by atoms with Crippen molar-refractivity contribution in [1.29, 1.82) is 0 Å². The highest BCUT2D eigenvalue weighted by Crippen LogP contribution is 2.49. The number of pyridine rings is 1. The summed E-state index contributed by atoms with van der Waals surface area (Å²) in [4.78, 5) is 34.8. The molecule has 11 heteroatoms. The standard InChI is InChI=1S/C28H32Cl2FN3O4S/c1-26(2,3)38-24(36)14-22-27(4,5)39(37)23(9-10-33-39)28(6,34-22)18-11-16(7-8-20(18)31)12-21(35)25-19(30)13-17(29)15-32-25/h7-8,11,13,15,23H,9-10,12,14H2,1-6H3/t23-,28+,39+/m0/s1. The zero-order valence-corrected chi connectivity index (χ0v) is 25.1. The lowest BCUT2D eigenvalue weighted by Gasteiger charge is -2.46. The van der Waals surface area contributed by atoms with Crippen LogP contribution in [0.4, 0.5) is 4.39 Å². The van der Waals surface area contributed by atoms with Gasteiger partial charge in [0.2, 0.25) is 0 Å². The van der Waals surface area contributed by atoms with Crippen LogP contribution in [0.2, 0.25) is 10.0 Å². The van der Waals surface area contributed by atoms with Crippen molar-refractivity contribution in [3.8, 4) is 0 Å². The Morgan fingerprint density at radius 3 is 2.49 bits per heavy atom. The van der Waals surface area contributed by atoms with Crippen molar-refractivity contribution in [3.05, 3.63) is 63.1 Å². The third-order valence-electron chi connectivity index (χ3n) is 7.22. The number of hydrogen-bond donors (Lipinski definition) is 0. The third-order valence-corrected chi connectivity index (χ3v) is 11.4. The van der Waals surface area contributed by atoms with Gasteiger partial charge in [-0.15, -0.1) is 0 Å². The molecule has 4 rings (SSSR count). The van der Waals surface area contributed by atoms with E-state index in [1.807, 2.05) is 0 Å². The quantitative estimate of drug-likeness (QED) is 0.285. The monoisotopic (exact) mass is 595 g/mol. The first-order valence-corrected chi connectivity index (χ1v) is 15.0. The Labute approximate surface area is 238 Å². The molecule has 2 aromatic rings. The van der Waals surface area contributed by atoms with Crippen LogP contribution in [0.25, 0.3) is 0 Å². The van der Waals surface area contributed by atoms with Crippen LogP contribution in [0.5, 0.6) is 0 Å². The van der Waals surface area contributed by atoms with Crippen LogP contribution in [-0.4, -0.2) is 48.8 Å². The van der Waals surface area contributed by atoms with Gasteiger partial charge in [-0.3, -0.25) is 14.6 Å². The largest absolute Gasteiger partial charge is 0.460 e. The Balaban J connectivity index is 1.78. The molecule has 7 nitrogen and oxygen atoms in total. The molecule has 3 heterocycles. The van der Waals surface area contributed by atoms with Gasteiger partial charge >= 0.3 is 5.97 Å². The number of aromatic nitrogens is 1. The molecule has 39 heavy (non-hydrogen) atoms. The van der Waals surface area contributed by atoms with Gasteiger partial charge in [-0.25, -0.2) is 17.9 Å². The maximum Gasteiger partial charge on any atom is 0.312 e. The number of benzene rings is 1. The molecule has 0 spiro atoms. The topological polar surface area (TPSA) is 98.1 Å². The molecule has 3 atom stereocenters. The van der Waals surface area contributed by atoms with E-state index in [0.29, 0.717) is 29.3 Å². The van der Waals surface area contributed by atoms with Crippen molar-refractivity contribution >= 4 is 50.4 Å². The zero-order chi connectivity index (χ0) is 29.0. The molecule has 0 fully saturated rings. The van der Waals surface area contributed by atoms with Gasteiger partial charge in [0.25, 0.3) is 0 Å². The Hall–Kier alpha value is -2.36. The molecule has 0 N–H and O–H groups in total. The minimum Gasteiger partial charge on any atom is -0.460 e. The molecule has 2 aliphatic rings. The average molecular weight is 597 g/mol. The Kier molecular flexibility index (Phi) is 7.77.